The summed E-state index contributed by atoms with van der Waals surface area (Å²) in [5.74, 6) is -0.648. The summed E-state index contributed by atoms with van der Waals surface area (Å²) in [4.78, 5) is 10.9. The first-order valence-corrected chi connectivity index (χ1v) is 3.90. The van der Waals surface area contributed by atoms with Crippen LogP contribution in [0.15, 0.2) is 24.3 Å². The highest BCUT2D eigenvalue weighted by atomic mass is 19.1. The summed E-state index contributed by atoms with van der Waals surface area (Å²) in [7, 11) is 0. The van der Waals surface area contributed by atoms with Gasteiger partial charge < -0.3 is 11.1 Å². The van der Waals surface area contributed by atoms with Crippen LogP contribution in [0.25, 0.3) is 0 Å². The number of carbonyl (C=O) groups excluding carboxylic acids is 1. The molecule has 0 aliphatic heterocycles. The third kappa shape index (κ3) is 2.74. The number of nitrogens with two attached hydrogens (primary N) is 1. The van der Waals surface area contributed by atoms with E-state index in [1.54, 1.807) is 24.3 Å². The molecular weight excluding hydrogens is 171 g/mol. The lowest BCUT2D eigenvalue weighted by Crippen LogP contribution is -2.20. The number of nitrogens with one attached hydrogen (secondary N) is 1. The summed E-state index contributed by atoms with van der Waals surface area (Å²) in [6.45, 7) is 1.19. The maximum Gasteiger partial charge on any atom is 0.258 e. The third-order valence-electron chi connectivity index (χ3n) is 1.54. The highest BCUT2D eigenvalue weighted by Crippen LogP contribution is 2.10. The van der Waals surface area contributed by atoms with E-state index in [0.29, 0.717) is 11.4 Å². The number of amides is 1. The molecule has 3 nitrogen and oxygen atoms in total. The number of rotatable bonds is 2. The van der Waals surface area contributed by atoms with Crippen molar-refractivity contribution in [3.05, 3.63) is 24.3 Å². The van der Waals surface area contributed by atoms with Crippen LogP contribution in [0.3, 0.4) is 0 Å². The Bertz CT molecular complexity index is 295. The molecule has 1 aromatic carbocycles. The van der Waals surface area contributed by atoms with Gasteiger partial charge in [-0.3, -0.25) is 4.79 Å². The van der Waals surface area contributed by atoms with Crippen molar-refractivity contribution in [3.63, 3.8) is 0 Å². The van der Waals surface area contributed by atoms with E-state index in [4.69, 9.17) is 5.73 Å². The summed E-state index contributed by atoms with van der Waals surface area (Å²) >= 11 is 0. The van der Waals surface area contributed by atoms with Gasteiger partial charge in [0.05, 0.1) is 0 Å². The average molecular weight is 182 g/mol. The van der Waals surface area contributed by atoms with Crippen LogP contribution >= 0.6 is 0 Å². The molecular formula is C9H11FN2O. The number of alkyl halides is 1. The first kappa shape index (κ1) is 9.51. The molecule has 1 amide bonds. The Morgan fingerprint density at radius 3 is 2.46 bits per heavy atom. The molecule has 0 spiro atoms. The second kappa shape index (κ2) is 3.89. The molecule has 1 aromatic rings. The lowest BCUT2D eigenvalue weighted by molar-refractivity contribution is -0.120. The number of anilines is 2. The number of hydrogen-bond donors (Lipinski definition) is 2. The van der Waals surface area contributed by atoms with Crippen molar-refractivity contribution in [2.24, 2.45) is 0 Å². The Morgan fingerprint density at radius 2 is 2.00 bits per heavy atom. The Morgan fingerprint density at radius 1 is 1.46 bits per heavy atom. The Kier molecular flexibility index (Phi) is 2.84. The van der Waals surface area contributed by atoms with Gasteiger partial charge in [0, 0.05) is 11.4 Å². The smallest absolute Gasteiger partial charge is 0.258 e. The van der Waals surface area contributed by atoms with Gasteiger partial charge in [0.1, 0.15) is 0 Å². The molecule has 1 unspecified atom stereocenters. The maximum atomic E-state index is 12.4. The second-order valence-electron chi connectivity index (χ2n) is 2.73. The molecule has 0 saturated carbocycles. The number of halogens is 1. The first-order valence-electron chi connectivity index (χ1n) is 3.90. The molecule has 4 heteroatoms. The number of nitrogen functional groups attached to an aromatic ring is 1. The normalized spacial score (nSPS) is 12.2. The van der Waals surface area contributed by atoms with E-state index in [0.717, 1.165) is 0 Å². The molecule has 1 atom stereocenters. The molecule has 0 aliphatic carbocycles. The number of hydrogen-bond acceptors (Lipinski definition) is 2. The lowest BCUT2D eigenvalue weighted by atomic mass is 10.3. The van der Waals surface area contributed by atoms with Gasteiger partial charge in [0.15, 0.2) is 6.17 Å². The van der Waals surface area contributed by atoms with Crippen LogP contribution in [-0.2, 0) is 4.79 Å². The van der Waals surface area contributed by atoms with E-state index in [2.05, 4.69) is 5.32 Å². The minimum Gasteiger partial charge on any atom is -0.399 e. The van der Waals surface area contributed by atoms with Crippen molar-refractivity contribution in [2.45, 2.75) is 13.1 Å². The standard InChI is InChI=1S/C9H11FN2O/c1-6(10)9(13)12-8-4-2-7(11)3-5-8/h2-6H,11H2,1H3,(H,12,13). The summed E-state index contributed by atoms with van der Waals surface area (Å²) in [5.41, 5.74) is 6.58. The van der Waals surface area contributed by atoms with Gasteiger partial charge in [-0.2, -0.15) is 0 Å². The van der Waals surface area contributed by atoms with Gasteiger partial charge in [-0.25, -0.2) is 4.39 Å². The van der Waals surface area contributed by atoms with E-state index in [-0.39, 0.29) is 0 Å². The van der Waals surface area contributed by atoms with Gasteiger partial charge in [-0.1, -0.05) is 0 Å². The molecule has 0 bridgehead atoms. The Hall–Kier alpha value is -1.58. The third-order valence-corrected chi connectivity index (χ3v) is 1.54. The maximum absolute atomic E-state index is 12.4. The molecule has 0 fully saturated rings. The molecule has 0 aliphatic rings. The first-order chi connectivity index (χ1) is 6.09. The van der Waals surface area contributed by atoms with E-state index >= 15 is 0 Å². The zero-order chi connectivity index (χ0) is 9.84. The van der Waals surface area contributed by atoms with Crippen LogP contribution in [0, 0.1) is 0 Å². The molecule has 0 saturated heterocycles. The fraction of sp³-hybridized carbons (Fsp3) is 0.222. The molecule has 3 N–H and O–H groups in total. The zero-order valence-electron chi connectivity index (χ0n) is 7.25. The summed E-state index contributed by atoms with van der Waals surface area (Å²) < 4.78 is 12.4. The monoisotopic (exact) mass is 182 g/mol. The Labute approximate surface area is 75.7 Å². The molecule has 0 radical (unpaired) electrons. The summed E-state index contributed by atoms with van der Waals surface area (Å²) in [6, 6.07) is 6.52. The minimum absolute atomic E-state index is 0.545. The van der Waals surface area contributed by atoms with Gasteiger partial charge in [0.25, 0.3) is 5.91 Å². The van der Waals surface area contributed by atoms with Crippen molar-refractivity contribution >= 4 is 17.3 Å². The quantitative estimate of drug-likeness (QED) is 0.682. The van der Waals surface area contributed by atoms with Crippen LogP contribution in [0.2, 0.25) is 0 Å². The molecule has 0 aromatic heterocycles. The van der Waals surface area contributed by atoms with Gasteiger partial charge >= 0.3 is 0 Å². The SMILES string of the molecule is CC(F)C(=O)Nc1ccc(N)cc1. The van der Waals surface area contributed by atoms with Crippen molar-refractivity contribution in [1.82, 2.24) is 0 Å². The van der Waals surface area contributed by atoms with Crippen molar-refractivity contribution in [1.29, 1.82) is 0 Å². The van der Waals surface area contributed by atoms with Crippen LogP contribution in [-0.4, -0.2) is 12.1 Å². The minimum atomic E-state index is -1.50. The molecule has 1 rings (SSSR count). The van der Waals surface area contributed by atoms with Crippen LogP contribution in [0.5, 0.6) is 0 Å². The van der Waals surface area contributed by atoms with Crippen LogP contribution in [0.4, 0.5) is 15.8 Å². The second-order valence-corrected chi connectivity index (χ2v) is 2.73. The van der Waals surface area contributed by atoms with Crippen LogP contribution in [0.1, 0.15) is 6.92 Å². The van der Waals surface area contributed by atoms with Crippen LogP contribution < -0.4 is 11.1 Å². The summed E-state index contributed by atoms with van der Waals surface area (Å²) in [5, 5.41) is 2.40. The Balaban J connectivity index is 2.65. The van der Waals surface area contributed by atoms with Crippen molar-refractivity contribution < 1.29 is 9.18 Å². The summed E-state index contributed by atoms with van der Waals surface area (Å²) in [6.07, 6.45) is -1.50. The largest absolute Gasteiger partial charge is 0.399 e. The topological polar surface area (TPSA) is 55.1 Å². The predicted molar refractivity (Wildman–Crippen MR) is 50.1 cm³/mol. The highest BCUT2D eigenvalue weighted by Gasteiger charge is 2.09. The van der Waals surface area contributed by atoms with Gasteiger partial charge in [-0.05, 0) is 31.2 Å². The van der Waals surface area contributed by atoms with Crippen molar-refractivity contribution in [2.75, 3.05) is 11.1 Å². The predicted octanol–water partition coefficient (Wildman–Crippen LogP) is 1.57. The van der Waals surface area contributed by atoms with E-state index in [1.807, 2.05) is 0 Å². The van der Waals surface area contributed by atoms with E-state index in [1.165, 1.54) is 6.92 Å². The van der Waals surface area contributed by atoms with E-state index in [9.17, 15) is 9.18 Å². The fourth-order valence-corrected chi connectivity index (χ4v) is 0.808. The fourth-order valence-electron chi connectivity index (χ4n) is 0.808. The van der Waals surface area contributed by atoms with Gasteiger partial charge in [-0.15, -0.1) is 0 Å². The molecule has 0 heterocycles. The lowest BCUT2D eigenvalue weighted by Gasteiger charge is -2.05. The molecule has 70 valence electrons. The number of carbonyl (C=O) groups is 1. The van der Waals surface area contributed by atoms with Crippen molar-refractivity contribution in [3.8, 4) is 0 Å². The average Bonchev–Trinajstić information content (AvgIpc) is 2.08. The van der Waals surface area contributed by atoms with E-state index < -0.39 is 12.1 Å². The number of benzene rings is 1. The highest BCUT2D eigenvalue weighted by molar-refractivity contribution is 5.93. The molecule has 13 heavy (non-hydrogen) atoms. The van der Waals surface area contributed by atoms with Gasteiger partial charge in [0.2, 0.25) is 0 Å². The zero-order valence-corrected chi connectivity index (χ0v) is 7.25.